The Hall–Kier alpha value is -2.45. The highest BCUT2D eigenvalue weighted by Crippen LogP contribution is 2.33. The zero-order valence-corrected chi connectivity index (χ0v) is 13.4. The highest BCUT2D eigenvalue weighted by atomic mass is 32.2. The van der Waals surface area contributed by atoms with Gasteiger partial charge in [0, 0.05) is 10.9 Å². The maximum atomic E-state index is 12.1. The molecule has 0 aliphatic carbocycles. The van der Waals surface area contributed by atoms with Crippen LogP contribution in [-0.4, -0.2) is 33.5 Å². The first-order chi connectivity index (χ1) is 11.0. The Morgan fingerprint density at radius 3 is 2.70 bits per heavy atom. The van der Waals surface area contributed by atoms with Crippen molar-refractivity contribution in [3.63, 3.8) is 0 Å². The normalized spacial score (nSPS) is 16.3. The van der Waals surface area contributed by atoms with Crippen LogP contribution in [0.15, 0.2) is 40.6 Å². The van der Waals surface area contributed by atoms with Crippen LogP contribution in [0.3, 0.4) is 0 Å². The molecule has 23 heavy (non-hydrogen) atoms. The summed E-state index contributed by atoms with van der Waals surface area (Å²) in [7, 11) is 0. The van der Waals surface area contributed by atoms with Crippen molar-refractivity contribution in [3.8, 4) is 10.6 Å². The number of carbonyl (C=O) groups is 3. The van der Waals surface area contributed by atoms with Crippen LogP contribution in [-0.2, 0) is 9.59 Å². The van der Waals surface area contributed by atoms with Crippen LogP contribution in [0.25, 0.3) is 16.6 Å². The lowest BCUT2D eigenvalue weighted by Crippen LogP contribution is -2.36. The van der Waals surface area contributed by atoms with Gasteiger partial charge in [0.05, 0.1) is 10.6 Å². The minimum Gasteiger partial charge on any atom is -0.368 e. The minimum atomic E-state index is -0.728. The molecule has 116 valence electrons. The highest BCUT2D eigenvalue weighted by Gasteiger charge is 2.35. The first kappa shape index (κ1) is 15.4. The molecule has 0 saturated carbocycles. The molecule has 0 radical (unpaired) electrons. The Balaban J connectivity index is 1.83. The molecule has 2 heterocycles. The largest absolute Gasteiger partial charge is 0.368 e. The summed E-state index contributed by atoms with van der Waals surface area (Å²) in [6.45, 7) is -0.408. The highest BCUT2D eigenvalue weighted by molar-refractivity contribution is 8.18. The van der Waals surface area contributed by atoms with Crippen molar-refractivity contribution >= 4 is 46.2 Å². The summed E-state index contributed by atoms with van der Waals surface area (Å²) in [6, 6.07) is 9.66. The zero-order valence-electron chi connectivity index (χ0n) is 11.8. The van der Waals surface area contributed by atoms with E-state index in [4.69, 9.17) is 5.73 Å². The summed E-state index contributed by atoms with van der Waals surface area (Å²) in [5.74, 6) is -1.25. The molecule has 1 saturated heterocycles. The zero-order chi connectivity index (χ0) is 16.4. The predicted molar refractivity (Wildman–Crippen MR) is 89.4 cm³/mol. The number of nitrogens with two attached hydrogens (primary N) is 1. The lowest BCUT2D eigenvalue weighted by Gasteiger charge is -2.08. The smallest absolute Gasteiger partial charge is 0.294 e. The molecular weight excluding hydrogens is 334 g/mol. The van der Waals surface area contributed by atoms with E-state index in [2.05, 4.69) is 4.98 Å². The van der Waals surface area contributed by atoms with Crippen LogP contribution in [0.1, 0.15) is 5.69 Å². The second-order valence-corrected chi connectivity index (χ2v) is 6.53. The van der Waals surface area contributed by atoms with Gasteiger partial charge < -0.3 is 5.73 Å². The molecule has 1 aliphatic rings. The maximum absolute atomic E-state index is 12.1. The van der Waals surface area contributed by atoms with Crippen molar-refractivity contribution in [2.45, 2.75) is 0 Å². The number of primary amides is 1. The molecule has 0 atom stereocenters. The quantitative estimate of drug-likeness (QED) is 0.859. The number of benzene rings is 1. The Morgan fingerprint density at radius 1 is 1.26 bits per heavy atom. The third-order valence-electron chi connectivity index (χ3n) is 3.01. The predicted octanol–water partition coefficient (Wildman–Crippen LogP) is 2.33. The number of amides is 3. The first-order valence-corrected chi connectivity index (χ1v) is 8.29. The van der Waals surface area contributed by atoms with Crippen LogP contribution in [0, 0.1) is 0 Å². The van der Waals surface area contributed by atoms with E-state index < -0.39 is 23.6 Å². The number of thioether (sulfide) groups is 1. The standard InChI is InChI=1S/C15H11N3O3S2/c16-12(19)7-18-14(20)11(23-15(18)21)6-10-8-22-13(17-10)9-4-2-1-3-5-9/h1-6,8H,7H2,(H2,16,19)/b11-6+. The first-order valence-electron chi connectivity index (χ1n) is 6.59. The van der Waals surface area contributed by atoms with Crippen molar-refractivity contribution in [1.29, 1.82) is 0 Å². The van der Waals surface area contributed by atoms with Crippen LogP contribution < -0.4 is 5.73 Å². The van der Waals surface area contributed by atoms with Gasteiger partial charge in [0.2, 0.25) is 5.91 Å². The summed E-state index contributed by atoms with van der Waals surface area (Å²) in [5.41, 5.74) is 6.62. The Morgan fingerprint density at radius 2 is 2.00 bits per heavy atom. The Labute approximate surface area is 140 Å². The van der Waals surface area contributed by atoms with E-state index in [0.29, 0.717) is 5.69 Å². The molecule has 1 aliphatic heterocycles. The van der Waals surface area contributed by atoms with E-state index in [1.165, 1.54) is 11.3 Å². The molecule has 0 spiro atoms. The van der Waals surface area contributed by atoms with E-state index >= 15 is 0 Å². The average Bonchev–Trinajstić information content (AvgIpc) is 3.09. The molecule has 0 bridgehead atoms. The molecule has 1 aromatic heterocycles. The van der Waals surface area contributed by atoms with Crippen molar-refractivity contribution in [1.82, 2.24) is 9.88 Å². The fourth-order valence-electron chi connectivity index (χ4n) is 1.99. The molecule has 3 rings (SSSR count). The summed E-state index contributed by atoms with van der Waals surface area (Å²) in [4.78, 5) is 40.3. The number of hydrogen-bond donors (Lipinski definition) is 1. The van der Waals surface area contributed by atoms with Crippen LogP contribution in [0.4, 0.5) is 4.79 Å². The molecule has 6 nitrogen and oxygen atoms in total. The lowest BCUT2D eigenvalue weighted by molar-refractivity contribution is -0.127. The van der Waals surface area contributed by atoms with Crippen molar-refractivity contribution in [3.05, 3.63) is 46.3 Å². The van der Waals surface area contributed by atoms with Gasteiger partial charge >= 0.3 is 0 Å². The topological polar surface area (TPSA) is 93.4 Å². The second-order valence-electron chi connectivity index (χ2n) is 4.68. The Bertz CT molecular complexity index is 814. The van der Waals surface area contributed by atoms with Gasteiger partial charge in [-0.25, -0.2) is 4.98 Å². The summed E-state index contributed by atoms with van der Waals surface area (Å²) < 4.78 is 0. The fraction of sp³-hybridized carbons (Fsp3) is 0.0667. The summed E-state index contributed by atoms with van der Waals surface area (Å²) >= 11 is 2.23. The fourth-order valence-corrected chi connectivity index (χ4v) is 3.60. The van der Waals surface area contributed by atoms with Gasteiger partial charge in [0.25, 0.3) is 11.1 Å². The third-order valence-corrected chi connectivity index (χ3v) is 4.83. The summed E-state index contributed by atoms with van der Waals surface area (Å²) in [5, 5.41) is 2.14. The molecule has 8 heteroatoms. The molecular formula is C15H11N3O3S2. The average molecular weight is 345 g/mol. The minimum absolute atomic E-state index is 0.237. The van der Waals surface area contributed by atoms with Gasteiger partial charge in [0.15, 0.2) is 0 Å². The third kappa shape index (κ3) is 3.33. The van der Waals surface area contributed by atoms with E-state index in [1.807, 2.05) is 35.7 Å². The lowest BCUT2D eigenvalue weighted by atomic mass is 10.2. The number of hydrogen-bond acceptors (Lipinski definition) is 6. The molecule has 2 N–H and O–H groups in total. The van der Waals surface area contributed by atoms with E-state index in [9.17, 15) is 14.4 Å². The van der Waals surface area contributed by atoms with Crippen LogP contribution >= 0.6 is 23.1 Å². The molecule has 0 unspecified atom stereocenters. The van der Waals surface area contributed by atoms with Crippen molar-refractivity contribution in [2.75, 3.05) is 6.54 Å². The van der Waals surface area contributed by atoms with E-state index in [-0.39, 0.29) is 4.91 Å². The molecule has 1 fully saturated rings. The van der Waals surface area contributed by atoms with Crippen molar-refractivity contribution in [2.24, 2.45) is 5.73 Å². The van der Waals surface area contributed by atoms with Crippen molar-refractivity contribution < 1.29 is 14.4 Å². The SMILES string of the molecule is NC(=O)CN1C(=O)S/C(=C/c2csc(-c3ccccc3)n2)C1=O. The van der Waals surface area contributed by atoms with E-state index in [1.54, 1.807) is 6.08 Å². The maximum Gasteiger partial charge on any atom is 0.294 e. The van der Waals surface area contributed by atoms with Gasteiger partial charge in [-0.1, -0.05) is 30.3 Å². The number of rotatable bonds is 4. The van der Waals surface area contributed by atoms with Gasteiger partial charge in [-0.15, -0.1) is 11.3 Å². The molecule has 2 aromatic rings. The number of carbonyl (C=O) groups excluding carboxylic acids is 3. The monoisotopic (exact) mass is 345 g/mol. The number of aromatic nitrogens is 1. The Kier molecular flexibility index (Phi) is 4.26. The van der Waals surface area contributed by atoms with Gasteiger partial charge in [0.1, 0.15) is 11.6 Å². The van der Waals surface area contributed by atoms with Gasteiger partial charge in [-0.3, -0.25) is 19.3 Å². The van der Waals surface area contributed by atoms with Crippen LogP contribution in [0.5, 0.6) is 0 Å². The van der Waals surface area contributed by atoms with Gasteiger partial charge in [-0.2, -0.15) is 0 Å². The molecule has 1 aromatic carbocycles. The number of imide groups is 1. The summed E-state index contributed by atoms with van der Waals surface area (Å²) in [6.07, 6.45) is 1.55. The van der Waals surface area contributed by atoms with E-state index in [0.717, 1.165) is 27.2 Å². The van der Waals surface area contributed by atoms with Crippen LogP contribution in [0.2, 0.25) is 0 Å². The van der Waals surface area contributed by atoms with Gasteiger partial charge in [-0.05, 0) is 17.8 Å². The second kappa shape index (κ2) is 6.35. The number of thiazole rings is 1. The number of nitrogens with zero attached hydrogens (tertiary/aromatic N) is 2. The molecule has 3 amide bonds.